The fraction of sp³-hybridized carbons (Fsp3) is 0.579. The number of amides is 1. The third-order valence-electron chi connectivity index (χ3n) is 4.93. The smallest absolute Gasteiger partial charge is 0.359 e. The van der Waals surface area contributed by atoms with Gasteiger partial charge in [-0.25, -0.2) is 4.68 Å². The Bertz CT molecular complexity index is 867. The van der Waals surface area contributed by atoms with Crippen LogP contribution in [0.15, 0.2) is 24.5 Å². The summed E-state index contributed by atoms with van der Waals surface area (Å²) in [6, 6.07) is 4.42. The SMILES string of the molecule is C[Si](C)(C)CCOCn1nc(-c2ccncc2)nc1N1CCC(C(F)(F)F)CC1=O. The minimum atomic E-state index is -4.38. The van der Waals surface area contributed by atoms with Gasteiger partial charge >= 0.3 is 6.18 Å². The number of pyridine rings is 1. The third kappa shape index (κ3) is 5.66. The lowest BCUT2D eigenvalue weighted by molar-refractivity contribution is -0.182. The van der Waals surface area contributed by atoms with Gasteiger partial charge in [0.25, 0.3) is 0 Å². The highest BCUT2D eigenvalue weighted by Gasteiger charge is 2.45. The molecule has 2 aromatic heterocycles. The molecule has 2 aromatic rings. The molecule has 0 aliphatic carbocycles. The minimum Gasteiger partial charge on any atom is -0.359 e. The van der Waals surface area contributed by atoms with Crippen molar-refractivity contribution >= 4 is 19.9 Å². The molecule has 1 saturated heterocycles. The Morgan fingerprint density at radius 1 is 1.23 bits per heavy atom. The van der Waals surface area contributed by atoms with Gasteiger partial charge in [0.2, 0.25) is 11.9 Å². The largest absolute Gasteiger partial charge is 0.392 e. The number of anilines is 1. The van der Waals surface area contributed by atoms with Gasteiger partial charge in [-0.1, -0.05) is 19.6 Å². The van der Waals surface area contributed by atoms with Crippen molar-refractivity contribution in [2.75, 3.05) is 18.1 Å². The van der Waals surface area contributed by atoms with E-state index in [1.54, 1.807) is 24.5 Å². The predicted octanol–water partition coefficient (Wildman–Crippen LogP) is 3.96. The summed E-state index contributed by atoms with van der Waals surface area (Å²) in [6.07, 6.45) is -1.93. The summed E-state index contributed by atoms with van der Waals surface area (Å²) in [5, 5.41) is 4.44. The highest BCUT2D eigenvalue weighted by Crippen LogP contribution is 2.36. The molecule has 0 radical (unpaired) electrons. The second-order valence-corrected chi connectivity index (χ2v) is 14.2. The lowest BCUT2D eigenvalue weighted by Gasteiger charge is -2.31. The summed E-state index contributed by atoms with van der Waals surface area (Å²) < 4.78 is 46.3. The van der Waals surface area contributed by atoms with Crippen LogP contribution in [0.2, 0.25) is 25.7 Å². The summed E-state index contributed by atoms with van der Waals surface area (Å²) >= 11 is 0. The summed E-state index contributed by atoms with van der Waals surface area (Å²) in [5.41, 5.74) is 0.699. The van der Waals surface area contributed by atoms with Crippen molar-refractivity contribution in [2.45, 2.75) is 51.4 Å². The number of rotatable bonds is 7. The average Bonchev–Trinajstić information content (AvgIpc) is 3.08. The van der Waals surface area contributed by atoms with Gasteiger partial charge in [0.15, 0.2) is 5.82 Å². The van der Waals surface area contributed by atoms with Crippen LogP contribution in [0, 0.1) is 5.92 Å². The molecule has 164 valence electrons. The first-order valence-corrected chi connectivity index (χ1v) is 13.6. The minimum absolute atomic E-state index is 0.0631. The molecule has 0 bridgehead atoms. The van der Waals surface area contributed by atoms with E-state index in [1.165, 1.54) is 9.58 Å². The van der Waals surface area contributed by atoms with Crippen LogP contribution >= 0.6 is 0 Å². The Kier molecular flexibility index (Phi) is 6.61. The van der Waals surface area contributed by atoms with Gasteiger partial charge in [0, 0.05) is 45.6 Å². The van der Waals surface area contributed by atoms with Crippen molar-refractivity contribution in [3.8, 4) is 11.4 Å². The van der Waals surface area contributed by atoms with Crippen molar-refractivity contribution in [1.29, 1.82) is 0 Å². The molecule has 0 saturated carbocycles. The zero-order valence-electron chi connectivity index (χ0n) is 17.3. The number of ether oxygens (including phenoxy) is 1. The molecule has 1 atom stereocenters. The Balaban J connectivity index is 1.81. The van der Waals surface area contributed by atoms with E-state index < -0.39 is 32.5 Å². The maximum atomic E-state index is 13.0. The van der Waals surface area contributed by atoms with Crippen LogP contribution in [-0.2, 0) is 16.3 Å². The molecule has 3 heterocycles. The van der Waals surface area contributed by atoms with Crippen LogP contribution in [0.25, 0.3) is 11.4 Å². The first kappa shape index (κ1) is 22.4. The number of alkyl halides is 3. The maximum absolute atomic E-state index is 13.0. The molecule has 1 fully saturated rings. The first-order valence-electron chi connectivity index (χ1n) is 9.85. The molecule has 30 heavy (non-hydrogen) atoms. The molecule has 1 amide bonds. The highest BCUT2D eigenvalue weighted by atomic mass is 28.3. The zero-order valence-corrected chi connectivity index (χ0v) is 18.3. The van der Waals surface area contributed by atoms with Crippen LogP contribution in [0.4, 0.5) is 19.1 Å². The van der Waals surface area contributed by atoms with Crippen LogP contribution in [0.5, 0.6) is 0 Å². The topological polar surface area (TPSA) is 73.1 Å². The zero-order chi connectivity index (χ0) is 21.9. The van der Waals surface area contributed by atoms with Crippen LogP contribution in [0.3, 0.4) is 0 Å². The van der Waals surface area contributed by atoms with Gasteiger partial charge in [-0.2, -0.15) is 18.2 Å². The van der Waals surface area contributed by atoms with Crippen molar-refractivity contribution in [3.05, 3.63) is 24.5 Å². The number of hydrogen-bond donors (Lipinski definition) is 0. The number of aromatic nitrogens is 4. The third-order valence-corrected chi connectivity index (χ3v) is 6.63. The average molecular weight is 442 g/mol. The van der Waals surface area contributed by atoms with E-state index in [4.69, 9.17) is 4.74 Å². The van der Waals surface area contributed by atoms with E-state index >= 15 is 0 Å². The molecule has 7 nitrogen and oxygen atoms in total. The quantitative estimate of drug-likeness (QED) is 0.480. The molecule has 1 unspecified atom stereocenters. The molecule has 11 heteroatoms. The summed E-state index contributed by atoms with van der Waals surface area (Å²) in [4.78, 5) is 22.2. The second kappa shape index (κ2) is 8.84. The van der Waals surface area contributed by atoms with Gasteiger partial charge in [0.1, 0.15) is 6.73 Å². The molecule has 3 rings (SSSR count). The first-order chi connectivity index (χ1) is 14.0. The van der Waals surface area contributed by atoms with E-state index in [-0.39, 0.29) is 25.6 Å². The Morgan fingerprint density at radius 2 is 1.93 bits per heavy atom. The molecular weight excluding hydrogens is 415 g/mol. The predicted molar refractivity (Wildman–Crippen MR) is 108 cm³/mol. The van der Waals surface area contributed by atoms with E-state index in [1.807, 2.05) is 0 Å². The summed E-state index contributed by atoms with van der Waals surface area (Å²) in [6.45, 7) is 7.27. The lowest BCUT2D eigenvalue weighted by atomic mass is 9.96. The van der Waals surface area contributed by atoms with E-state index in [0.29, 0.717) is 18.0 Å². The van der Waals surface area contributed by atoms with Gasteiger partial charge in [0.05, 0.1) is 5.92 Å². The normalized spacial score (nSPS) is 18.1. The molecule has 0 spiro atoms. The summed E-state index contributed by atoms with van der Waals surface area (Å²) in [5.74, 6) is -1.65. The van der Waals surface area contributed by atoms with E-state index in [9.17, 15) is 18.0 Å². The molecule has 0 aromatic carbocycles. The molecule has 0 N–H and O–H groups in total. The fourth-order valence-electron chi connectivity index (χ4n) is 3.10. The molecule has 1 aliphatic heterocycles. The Labute approximate surface area is 174 Å². The van der Waals surface area contributed by atoms with Crippen molar-refractivity contribution in [2.24, 2.45) is 5.92 Å². The Morgan fingerprint density at radius 3 is 2.53 bits per heavy atom. The molecule has 1 aliphatic rings. The van der Waals surface area contributed by atoms with Crippen molar-refractivity contribution in [1.82, 2.24) is 19.7 Å². The van der Waals surface area contributed by atoms with E-state index in [0.717, 1.165) is 6.04 Å². The second-order valence-electron chi connectivity index (χ2n) is 8.60. The monoisotopic (exact) mass is 441 g/mol. The van der Waals surface area contributed by atoms with Gasteiger partial charge in [-0.15, -0.1) is 5.10 Å². The van der Waals surface area contributed by atoms with Crippen LogP contribution in [-0.4, -0.2) is 53.1 Å². The van der Waals surface area contributed by atoms with Gasteiger partial charge < -0.3 is 4.74 Å². The van der Waals surface area contributed by atoms with Gasteiger partial charge in [-0.3, -0.25) is 14.7 Å². The van der Waals surface area contributed by atoms with E-state index in [2.05, 4.69) is 34.7 Å². The number of halogens is 3. The number of piperidine rings is 1. The lowest BCUT2D eigenvalue weighted by Crippen LogP contribution is -2.44. The number of nitrogens with zero attached hydrogens (tertiary/aromatic N) is 5. The summed E-state index contributed by atoms with van der Waals surface area (Å²) in [7, 11) is -1.27. The Hall–Kier alpha value is -2.27. The number of carbonyl (C=O) groups excluding carboxylic acids is 1. The fourth-order valence-corrected chi connectivity index (χ4v) is 3.85. The van der Waals surface area contributed by atoms with Crippen LogP contribution < -0.4 is 4.90 Å². The number of carbonyl (C=O) groups is 1. The highest BCUT2D eigenvalue weighted by molar-refractivity contribution is 6.76. The van der Waals surface area contributed by atoms with Crippen LogP contribution in [0.1, 0.15) is 12.8 Å². The van der Waals surface area contributed by atoms with Gasteiger partial charge in [-0.05, 0) is 24.6 Å². The standard InChI is InChI=1S/C19H26F3N5O2Si/c1-30(2,3)11-10-29-13-27-18(24-17(25-27)14-4-7-23-8-5-14)26-9-6-15(12-16(26)28)19(20,21)22/h4-5,7-8,15H,6,9-13H2,1-3H3. The number of hydrogen-bond acceptors (Lipinski definition) is 5. The van der Waals surface area contributed by atoms with Crippen molar-refractivity contribution < 1.29 is 22.7 Å². The molecular formula is C19H26F3N5O2Si. The van der Waals surface area contributed by atoms with Crippen molar-refractivity contribution in [3.63, 3.8) is 0 Å². The maximum Gasteiger partial charge on any atom is 0.392 e.